The van der Waals surface area contributed by atoms with Gasteiger partial charge in [0.05, 0.1) is 6.04 Å². The highest BCUT2D eigenvalue weighted by Crippen LogP contribution is 2.38. The summed E-state index contributed by atoms with van der Waals surface area (Å²) in [5.41, 5.74) is -0.569. The molecule has 2 atom stereocenters. The van der Waals surface area contributed by atoms with Crippen molar-refractivity contribution in [3.63, 3.8) is 0 Å². The zero-order valence-electron chi connectivity index (χ0n) is 17.8. The van der Waals surface area contributed by atoms with Crippen LogP contribution in [-0.4, -0.2) is 81.9 Å². The molecule has 0 radical (unpaired) electrons. The summed E-state index contributed by atoms with van der Waals surface area (Å²) in [7, 11) is -3.16. The molecule has 3 amide bonds. The first-order valence-electron chi connectivity index (χ1n) is 9.87. The molecule has 3 rings (SSSR count). The van der Waals surface area contributed by atoms with E-state index in [2.05, 4.69) is 14.5 Å². The highest BCUT2D eigenvalue weighted by molar-refractivity contribution is 7.80. The Morgan fingerprint density at radius 2 is 2.03 bits per heavy atom. The fourth-order valence-electron chi connectivity index (χ4n) is 3.49. The van der Waals surface area contributed by atoms with Gasteiger partial charge in [-0.25, -0.2) is 9.59 Å². The van der Waals surface area contributed by atoms with Crippen LogP contribution in [0.5, 0.6) is 0 Å². The maximum absolute atomic E-state index is 12.5. The second-order valence-corrected chi connectivity index (χ2v) is 9.55. The van der Waals surface area contributed by atoms with Gasteiger partial charge in [0.1, 0.15) is 11.6 Å². The number of hydrogen-bond donors (Lipinski definition) is 1. The number of amides is 3. The number of piperidine rings is 1. The largest absolute Gasteiger partial charge is 0.444 e. The second-order valence-electron chi connectivity index (χ2n) is 8.55. The van der Waals surface area contributed by atoms with Crippen LogP contribution in [0.4, 0.5) is 9.59 Å². The summed E-state index contributed by atoms with van der Waals surface area (Å²) in [6.45, 7) is 6.05. The summed E-state index contributed by atoms with van der Waals surface area (Å²) in [6.07, 6.45) is 1.51. The third-order valence-corrected chi connectivity index (χ3v) is 5.20. The lowest BCUT2D eigenvalue weighted by Gasteiger charge is -2.27. The fraction of sp³-hybridized carbons (Fsp3) is 0.765. The van der Waals surface area contributed by atoms with E-state index < -0.39 is 40.2 Å². The fourth-order valence-corrected chi connectivity index (χ4v) is 3.88. The Hall–Kier alpha value is -2.45. The van der Waals surface area contributed by atoms with E-state index in [0.717, 1.165) is 0 Å². The molecular weight excluding hydrogens is 434 g/mol. The first kappa shape index (κ1) is 23.2. The van der Waals surface area contributed by atoms with Crippen molar-refractivity contribution in [3.8, 4) is 0 Å². The van der Waals surface area contributed by atoms with E-state index in [9.17, 15) is 18.0 Å². The van der Waals surface area contributed by atoms with Crippen LogP contribution in [0.3, 0.4) is 0 Å². The van der Waals surface area contributed by atoms with Gasteiger partial charge in [0.2, 0.25) is 11.8 Å². The van der Waals surface area contributed by atoms with E-state index in [1.54, 1.807) is 27.8 Å². The normalized spacial score (nSPS) is 21.5. The molecule has 13 nitrogen and oxygen atoms in total. The number of aromatic nitrogens is 2. The van der Waals surface area contributed by atoms with Crippen LogP contribution in [0.25, 0.3) is 0 Å². The van der Waals surface area contributed by atoms with Gasteiger partial charge in [0.25, 0.3) is 0 Å². The lowest BCUT2D eigenvalue weighted by Crippen LogP contribution is -2.35. The first-order chi connectivity index (χ1) is 14.3. The SMILES string of the molecule is CN(CCCc1nnc(C2CCC3CN2C(=O)N3OS(=O)(=O)O)o1)C(=O)OC(C)(C)C. The maximum Gasteiger partial charge on any atom is 0.418 e. The average molecular weight is 461 g/mol. The molecule has 2 aliphatic rings. The van der Waals surface area contributed by atoms with Crippen molar-refractivity contribution >= 4 is 22.5 Å². The molecule has 1 aromatic heterocycles. The molecule has 14 heteroatoms. The number of hydrogen-bond acceptors (Lipinski definition) is 9. The smallest absolute Gasteiger partial charge is 0.418 e. The standard InChI is InChI=1S/C17H27N5O8S/c1-17(2,3)29-16(24)20(4)9-5-6-13-18-19-14(28-13)12-8-7-11-10-21(12)15(23)22(11)30-31(25,26)27/h11-12H,5-10H2,1-4H3,(H,25,26,27). The van der Waals surface area contributed by atoms with Crippen LogP contribution < -0.4 is 0 Å². The van der Waals surface area contributed by atoms with Crippen LogP contribution in [0.1, 0.15) is 57.9 Å². The molecule has 174 valence electrons. The Bertz CT molecular complexity index is 927. The monoisotopic (exact) mass is 461 g/mol. The minimum atomic E-state index is -4.80. The van der Waals surface area contributed by atoms with Crippen LogP contribution in [0.2, 0.25) is 0 Å². The molecule has 2 bridgehead atoms. The van der Waals surface area contributed by atoms with Crippen LogP contribution in [0, 0.1) is 0 Å². The molecule has 2 fully saturated rings. The summed E-state index contributed by atoms with van der Waals surface area (Å²) in [4.78, 5) is 27.3. The number of ether oxygens (including phenoxy) is 1. The molecule has 2 aliphatic heterocycles. The van der Waals surface area contributed by atoms with Gasteiger partial charge in [-0.3, -0.25) is 4.55 Å². The number of rotatable bonds is 7. The highest BCUT2D eigenvalue weighted by Gasteiger charge is 2.49. The van der Waals surface area contributed by atoms with E-state index >= 15 is 0 Å². The molecule has 3 heterocycles. The molecular formula is C17H27N5O8S. The second kappa shape index (κ2) is 8.59. The lowest BCUT2D eigenvalue weighted by molar-refractivity contribution is -0.0317. The number of carbonyl (C=O) groups excluding carboxylic acids is 2. The van der Waals surface area contributed by atoms with Gasteiger partial charge in [0, 0.05) is 26.6 Å². The maximum atomic E-state index is 12.5. The molecule has 2 saturated heterocycles. The van der Waals surface area contributed by atoms with E-state index in [1.165, 1.54) is 9.80 Å². The van der Waals surface area contributed by atoms with Gasteiger partial charge in [0.15, 0.2) is 0 Å². The first-order valence-corrected chi connectivity index (χ1v) is 11.2. The van der Waals surface area contributed by atoms with Crippen LogP contribution in [0.15, 0.2) is 4.42 Å². The minimum Gasteiger partial charge on any atom is -0.444 e. The van der Waals surface area contributed by atoms with E-state index in [-0.39, 0.29) is 12.4 Å². The van der Waals surface area contributed by atoms with Crippen molar-refractivity contribution in [1.29, 1.82) is 0 Å². The van der Waals surface area contributed by atoms with E-state index in [0.29, 0.717) is 43.2 Å². The summed E-state index contributed by atoms with van der Waals surface area (Å²) in [6, 6.07) is -1.69. The number of fused-ring (bicyclic) bond motifs is 2. The molecule has 31 heavy (non-hydrogen) atoms. The van der Waals surface area contributed by atoms with Crippen LogP contribution >= 0.6 is 0 Å². The van der Waals surface area contributed by atoms with Crippen molar-refractivity contribution in [1.82, 2.24) is 25.1 Å². The van der Waals surface area contributed by atoms with Crippen molar-refractivity contribution in [2.45, 2.75) is 64.1 Å². The van der Waals surface area contributed by atoms with Gasteiger partial charge < -0.3 is 19.0 Å². The van der Waals surface area contributed by atoms with Gasteiger partial charge in [-0.15, -0.1) is 14.5 Å². The number of urea groups is 1. The zero-order chi connectivity index (χ0) is 23.0. The summed E-state index contributed by atoms with van der Waals surface area (Å²) in [5.74, 6) is 0.614. The number of hydroxylamine groups is 2. The third kappa shape index (κ3) is 5.83. The van der Waals surface area contributed by atoms with Gasteiger partial charge >= 0.3 is 22.5 Å². The average Bonchev–Trinajstić information content (AvgIpc) is 3.19. The molecule has 0 spiro atoms. The topological polar surface area (TPSA) is 156 Å². The predicted molar refractivity (Wildman–Crippen MR) is 104 cm³/mol. The van der Waals surface area contributed by atoms with E-state index in [4.69, 9.17) is 13.7 Å². The molecule has 0 aromatic carbocycles. The molecule has 2 unspecified atom stereocenters. The van der Waals surface area contributed by atoms with Gasteiger partial charge in [-0.2, -0.15) is 13.5 Å². The molecule has 0 saturated carbocycles. The number of aryl methyl sites for hydroxylation is 1. The highest BCUT2D eigenvalue weighted by atomic mass is 32.3. The third-order valence-electron chi connectivity index (χ3n) is 4.85. The Morgan fingerprint density at radius 1 is 1.32 bits per heavy atom. The molecule has 1 aromatic rings. The van der Waals surface area contributed by atoms with Gasteiger partial charge in [-0.1, -0.05) is 0 Å². The van der Waals surface area contributed by atoms with E-state index in [1.807, 2.05) is 0 Å². The molecule has 0 aliphatic carbocycles. The number of carbonyl (C=O) groups is 2. The Kier molecular flexibility index (Phi) is 6.43. The van der Waals surface area contributed by atoms with Crippen molar-refractivity contribution in [2.24, 2.45) is 0 Å². The summed E-state index contributed by atoms with van der Waals surface area (Å²) < 4.78 is 46.2. The summed E-state index contributed by atoms with van der Waals surface area (Å²) >= 11 is 0. The lowest BCUT2D eigenvalue weighted by atomic mass is 10.0. The summed E-state index contributed by atoms with van der Waals surface area (Å²) in [5, 5.41) is 8.70. The van der Waals surface area contributed by atoms with Gasteiger partial charge in [-0.05, 0) is 40.0 Å². The minimum absolute atomic E-state index is 0.220. The zero-order valence-corrected chi connectivity index (χ0v) is 18.7. The molecule has 1 N–H and O–H groups in total. The number of nitrogens with zero attached hydrogens (tertiary/aromatic N) is 5. The van der Waals surface area contributed by atoms with Crippen molar-refractivity contribution in [3.05, 3.63) is 11.8 Å². The predicted octanol–water partition coefficient (Wildman–Crippen LogP) is 1.54. The Labute approximate surface area is 180 Å². The van der Waals surface area contributed by atoms with Crippen molar-refractivity contribution in [2.75, 3.05) is 20.1 Å². The quantitative estimate of drug-likeness (QED) is 0.591. The van der Waals surface area contributed by atoms with Crippen molar-refractivity contribution < 1.29 is 36.0 Å². The van der Waals surface area contributed by atoms with Crippen LogP contribution in [-0.2, 0) is 25.8 Å². The Balaban J connectivity index is 1.54. The Morgan fingerprint density at radius 3 is 2.68 bits per heavy atom.